The third kappa shape index (κ3) is 4.23. The maximum Gasteiger partial charge on any atom is 0.272 e. The molecule has 31 heavy (non-hydrogen) atoms. The number of phenolic OH excluding ortho intramolecular Hbond substituents is 1. The number of benzene rings is 2. The number of aromatic hydroxyl groups is 1. The monoisotopic (exact) mass is 440 g/mol. The topological polar surface area (TPSA) is 88.4 Å². The van der Waals surface area contributed by atoms with Gasteiger partial charge < -0.3 is 15.0 Å². The lowest BCUT2D eigenvalue weighted by Crippen LogP contribution is -2.18. The van der Waals surface area contributed by atoms with Gasteiger partial charge in [0.25, 0.3) is 5.91 Å². The zero-order chi connectivity index (χ0) is 22.9. The Balaban J connectivity index is 2.11. The predicted molar refractivity (Wildman–Crippen MR) is 125 cm³/mol. The van der Waals surface area contributed by atoms with Gasteiger partial charge >= 0.3 is 0 Å². The van der Waals surface area contributed by atoms with E-state index in [1.165, 1.54) is 23.8 Å². The molecule has 0 atom stereocenters. The van der Waals surface area contributed by atoms with E-state index in [2.05, 4.69) is 37.9 Å². The summed E-state index contributed by atoms with van der Waals surface area (Å²) in [5.74, 6) is -0.350. The third-order valence-corrected chi connectivity index (χ3v) is 7.22. The molecule has 3 rings (SSSR count). The summed E-state index contributed by atoms with van der Waals surface area (Å²) in [6.45, 7) is 11.9. The molecule has 6 nitrogen and oxygen atoms in total. The van der Waals surface area contributed by atoms with Crippen LogP contribution >= 0.6 is 0 Å². The summed E-state index contributed by atoms with van der Waals surface area (Å²) in [4.78, 5) is 13.3. The van der Waals surface area contributed by atoms with Crippen molar-refractivity contribution in [1.29, 1.82) is 0 Å². The van der Waals surface area contributed by atoms with Crippen molar-refractivity contribution in [2.75, 3.05) is 11.1 Å². The molecule has 0 radical (unpaired) electrons. The van der Waals surface area contributed by atoms with Crippen molar-refractivity contribution in [3.8, 4) is 5.75 Å². The second kappa shape index (κ2) is 8.59. The standard InChI is InChI=1S/C24H28N2O4S/c1-6-12-26-21-10-8-17(15(3)4)13-19(21)16(5)23(26)24(28)25-20-14-18(9-11-22(20)27)31(29,30)7-2/h6,8-11,13-15,27H,1,7,12H2,2-5H3,(H,25,28). The summed E-state index contributed by atoms with van der Waals surface area (Å²) in [5.41, 5.74) is 3.40. The number of phenols is 1. The Morgan fingerprint density at radius 3 is 2.55 bits per heavy atom. The Morgan fingerprint density at radius 1 is 1.23 bits per heavy atom. The SMILES string of the molecule is C=CCn1c(C(=O)Nc2cc(S(=O)(=O)CC)ccc2O)c(C)c2cc(C(C)C)ccc21. The smallest absolute Gasteiger partial charge is 0.272 e. The molecular weight excluding hydrogens is 412 g/mol. The number of sulfone groups is 1. The van der Waals surface area contributed by atoms with E-state index >= 15 is 0 Å². The van der Waals surface area contributed by atoms with Crippen LogP contribution in [0.2, 0.25) is 0 Å². The second-order valence-corrected chi connectivity index (χ2v) is 10.1. The van der Waals surface area contributed by atoms with Crippen molar-refractivity contribution in [3.63, 3.8) is 0 Å². The zero-order valence-electron chi connectivity index (χ0n) is 18.3. The number of rotatable bonds is 7. The van der Waals surface area contributed by atoms with Crippen molar-refractivity contribution in [2.24, 2.45) is 0 Å². The summed E-state index contributed by atoms with van der Waals surface area (Å²) in [6, 6.07) is 10.1. The molecule has 164 valence electrons. The largest absolute Gasteiger partial charge is 0.506 e. The van der Waals surface area contributed by atoms with E-state index < -0.39 is 15.7 Å². The average molecular weight is 441 g/mol. The fourth-order valence-electron chi connectivity index (χ4n) is 3.67. The fraction of sp³-hybridized carbons (Fsp3) is 0.292. The van der Waals surface area contributed by atoms with Crippen LogP contribution < -0.4 is 5.32 Å². The van der Waals surface area contributed by atoms with Crippen molar-refractivity contribution < 1.29 is 18.3 Å². The Hall–Kier alpha value is -3.06. The minimum atomic E-state index is -3.48. The molecule has 3 aromatic rings. The molecule has 1 amide bonds. The minimum absolute atomic E-state index is 0.0491. The summed E-state index contributed by atoms with van der Waals surface area (Å²) < 4.78 is 26.3. The maximum absolute atomic E-state index is 13.3. The first-order valence-corrected chi connectivity index (χ1v) is 11.9. The number of fused-ring (bicyclic) bond motifs is 1. The normalized spacial score (nSPS) is 11.8. The van der Waals surface area contributed by atoms with Crippen molar-refractivity contribution in [1.82, 2.24) is 4.57 Å². The molecule has 0 aliphatic carbocycles. The molecule has 0 spiro atoms. The van der Waals surface area contributed by atoms with E-state index in [4.69, 9.17) is 0 Å². The quantitative estimate of drug-likeness (QED) is 0.399. The number of allylic oxidation sites excluding steroid dienone is 1. The van der Waals surface area contributed by atoms with Gasteiger partial charge in [0.05, 0.1) is 16.3 Å². The predicted octanol–water partition coefficient (Wildman–Crippen LogP) is 5.01. The van der Waals surface area contributed by atoms with Gasteiger partial charge in [-0.15, -0.1) is 6.58 Å². The average Bonchev–Trinajstić information content (AvgIpc) is 3.01. The van der Waals surface area contributed by atoms with Crippen LogP contribution in [0.25, 0.3) is 10.9 Å². The van der Waals surface area contributed by atoms with E-state index in [9.17, 15) is 18.3 Å². The van der Waals surface area contributed by atoms with Crippen LogP contribution in [0.4, 0.5) is 5.69 Å². The van der Waals surface area contributed by atoms with Gasteiger partial charge in [0.1, 0.15) is 11.4 Å². The molecule has 7 heteroatoms. The number of aryl methyl sites for hydroxylation is 1. The summed E-state index contributed by atoms with van der Waals surface area (Å²) >= 11 is 0. The van der Waals surface area contributed by atoms with Crippen LogP contribution in [0.5, 0.6) is 5.75 Å². The van der Waals surface area contributed by atoms with E-state index in [1.54, 1.807) is 13.0 Å². The van der Waals surface area contributed by atoms with Crippen LogP contribution in [-0.2, 0) is 16.4 Å². The summed E-state index contributed by atoms with van der Waals surface area (Å²) in [7, 11) is -3.48. The van der Waals surface area contributed by atoms with Crippen molar-refractivity contribution in [2.45, 2.75) is 45.1 Å². The highest BCUT2D eigenvalue weighted by molar-refractivity contribution is 7.91. The molecule has 0 fully saturated rings. The van der Waals surface area contributed by atoms with Gasteiger partial charge in [-0.1, -0.05) is 32.9 Å². The van der Waals surface area contributed by atoms with Crippen LogP contribution in [0.3, 0.4) is 0 Å². The summed E-state index contributed by atoms with van der Waals surface area (Å²) in [5, 5.41) is 13.9. The Morgan fingerprint density at radius 2 is 1.94 bits per heavy atom. The number of nitrogens with zero attached hydrogens (tertiary/aromatic N) is 1. The molecular formula is C24H28N2O4S. The number of hydrogen-bond acceptors (Lipinski definition) is 4. The number of carbonyl (C=O) groups excluding carboxylic acids is 1. The van der Waals surface area contributed by atoms with Gasteiger partial charge in [0.2, 0.25) is 0 Å². The highest BCUT2D eigenvalue weighted by Gasteiger charge is 2.22. The first kappa shape index (κ1) is 22.6. The van der Waals surface area contributed by atoms with Crippen LogP contribution in [-0.4, -0.2) is 29.8 Å². The van der Waals surface area contributed by atoms with E-state index in [0.717, 1.165) is 16.5 Å². The van der Waals surface area contributed by atoms with Gasteiger partial charge in [-0.05, 0) is 54.3 Å². The van der Waals surface area contributed by atoms with Crippen molar-refractivity contribution >= 4 is 32.3 Å². The van der Waals surface area contributed by atoms with Crippen LogP contribution in [0.15, 0.2) is 53.9 Å². The highest BCUT2D eigenvalue weighted by Crippen LogP contribution is 2.32. The lowest BCUT2D eigenvalue weighted by molar-refractivity contribution is 0.101. The Labute approximate surface area is 183 Å². The second-order valence-electron chi connectivity index (χ2n) is 7.84. The van der Waals surface area contributed by atoms with E-state index in [0.29, 0.717) is 18.2 Å². The lowest BCUT2D eigenvalue weighted by Gasteiger charge is -2.12. The Kier molecular flexibility index (Phi) is 6.27. The number of amides is 1. The maximum atomic E-state index is 13.3. The first-order chi connectivity index (χ1) is 14.6. The molecule has 0 aliphatic rings. The fourth-order valence-corrected chi connectivity index (χ4v) is 4.57. The third-order valence-electron chi connectivity index (χ3n) is 5.49. The molecule has 0 bridgehead atoms. The van der Waals surface area contributed by atoms with Crippen LogP contribution in [0, 0.1) is 6.92 Å². The Bertz CT molecular complexity index is 1270. The molecule has 0 aliphatic heterocycles. The number of carbonyl (C=O) groups is 1. The van der Waals surface area contributed by atoms with Gasteiger partial charge in [-0.25, -0.2) is 8.42 Å². The number of aromatic nitrogens is 1. The molecule has 1 aromatic heterocycles. The van der Waals surface area contributed by atoms with Gasteiger partial charge in [-0.2, -0.15) is 0 Å². The molecule has 2 N–H and O–H groups in total. The first-order valence-electron chi connectivity index (χ1n) is 10.2. The van der Waals surface area contributed by atoms with Gasteiger partial charge in [-0.3, -0.25) is 4.79 Å². The molecule has 0 saturated heterocycles. The highest BCUT2D eigenvalue weighted by atomic mass is 32.2. The molecule has 0 unspecified atom stereocenters. The van der Waals surface area contributed by atoms with Crippen LogP contribution in [0.1, 0.15) is 48.3 Å². The molecule has 1 heterocycles. The zero-order valence-corrected chi connectivity index (χ0v) is 19.1. The van der Waals surface area contributed by atoms with Crippen molar-refractivity contribution in [3.05, 3.63) is 65.9 Å². The number of nitrogens with one attached hydrogen (secondary N) is 1. The number of hydrogen-bond donors (Lipinski definition) is 2. The van der Waals surface area contributed by atoms with E-state index in [1.807, 2.05) is 17.6 Å². The summed E-state index contributed by atoms with van der Waals surface area (Å²) in [6.07, 6.45) is 1.72. The van der Waals surface area contributed by atoms with Gasteiger partial charge in [0, 0.05) is 17.4 Å². The molecule has 0 saturated carbocycles. The molecule has 2 aromatic carbocycles. The van der Waals surface area contributed by atoms with Gasteiger partial charge in [0.15, 0.2) is 9.84 Å². The lowest BCUT2D eigenvalue weighted by atomic mass is 10.0. The minimum Gasteiger partial charge on any atom is -0.506 e. The van der Waals surface area contributed by atoms with E-state index in [-0.39, 0.29) is 22.1 Å². The number of anilines is 1.